The molecule has 0 radical (unpaired) electrons. The summed E-state index contributed by atoms with van der Waals surface area (Å²) in [6, 6.07) is 9.13. The molecule has 3 aromatic heterocycles. The van der Waals surface area contributed by atoms with Gasteiger partial charge in [0, 0.05) is 31.2 Å². The fourth-order valence-electron chi connectivity index (χ4n) is 3.67. The highest BCUT2D eigenvalue weighted by molar-refractivity contribution is 6.05. The minimum atomic E-state index is -0.429. The number of imidazole rings is 1. The molecule has 8 heteroatoms. The van der Waals surface area contributed by atoms with Crippen LogP contribution in [-0.2, 0) is 7.05 Å². The molecule has 0 saturated carbocycles. The fourth-order valence-corrected chi connectivity index (χ4v) is 3.67. The van der Waals surface area contributed by atoms with Gasteiger partial charge in [-0.1, -0.05) is 12.1 Å². The van der Waals surface area contributed by atoms with Crippen LogP contribution in [0.5, 0.6) is 5.75 Å². The Morgan fingerprint density at radius 1 is 1.19 bits per heavy atom. The molecule has 160 valence electrons. The van der Waals surface area contributed by atoms with Crippen molar-refractivity contribution >= 4 is 16.9 Å². The Bertz CT molecular complexity index is 1220. The smallest absolute Gasteiger partial charge is 0.253 e. The summed E-state index contributed by atoms with van der Waals surface area (Å²) in [7, 11) is 3.54. The lowest BCUT2D eigenvalue weighted by Gasteiger charge is -2.20. The molecule has 0 bridgehead atoms. The van der Waals surface area contributed by atoms with Gasteiger partial charge in [-0.15, -0.1) is 0 Å². The average Bonchev–Trinajstić information content (AvgIpc) is 3.37. The van der Waals surface area contributed by atoms with Crippen LogP contribution in [-0.4, -0.2) is 37.3 Å². The summed E-state index contributed by atoms with van der Waals surface area (Å²) in [6.07, 6.45) is 5.29. The largest absolute Gasteiger partial charge is 0.497 e. The fraction of sp³-hybridized carbons (Fsp3) is 0.304. The van der Waals surface area contributed by atoms with Crippen molar-refractivity contribution in [3.8, 4) is 5.75 Å². The Hall–Kier alpha value is -3.68. The standard InChI is InChI=1S/C23H26N6O2/c1-14(2)29-21-19(13-25-29)18(12-15(3)26-21)23(30)27-20(22-24-10-11-28(22)4)16-6-8-17(31-5)9-7-16/h6-14,20H,1-5H3,(H,27,30)/t20-/m0/s1. The van der Waals surface area contributed by atoms with Crippen molar-refractivity contribution in [2.24, 2.45) is 7.05 Å². The second-order valence-electron chi connectivity index (χ2n) is 7.81. The van der Waals surface area contributed by atoms with Gasteiger partial charge in [0.25, 0.3) is 5.91 Å². The zero-order chi connectivity index (χ0) is 22.1. The van der Waals surface area contributed by atoms with E-state index in [1.165, 1.54) is 0 Å². The second-order valence-corrected chi connectivity index (χ2v) is 7.81. The summed E-state index contributed by atoms with van der Waals surface area (Å²) >= 11 is 0. The molecule has 0 saturated heterocycles. The van der Waals surface area contributed by atoms with Gasteiger partial charge in [0.1, 0.15) is 17.6 Å². The van der Waals surface area contributed by atoms with Crippen molar-refractivity contribution in [2.45, 2.75) is 32.9 Å². The number of rotatable bonds is 6. The highest BCUT2D eigenvalue weighted by atomic mass is 16.5. The summed E-state index contributed by atoms with van der Waals surface area (Å²) < 4.78 is 9.01. The molecule has 0 aliphatic carbocycles. The maximum absolute atomic E-state index is 13.5. The van der Waals surface area contributed by atoms with E-state index in [1.807, 2.05) is 67.5 Å². The van der Waals surface area contributed by atoms with Crippen LogP contribution in [0.2, 0.25) is 0 Å². The summed E-state index contributed by atoms with van der Waals surface area (Å²) in [5.41, 5.74) is 2.92. The Kier molecular flexibility index (Phi) is 5.46. The van der Waals surface area contributed by atoms with E-state index in [0.29, 0.717) is 11.2 Å². The maximum atomic E-state index is 13.5. The van der Waals surface area contributed by atoms with Crippen LogP contribution >= 0.6 is 0 Å². The number of carbonyl (C=O) groups is 1. The number of fused-ring (bicyclic) bond motifs is 1. The number of nitrogens with one attached hydrogen (secondary N) is 1. The molecule has 8 nitrogen and oxygen atoms in total. The van der Waals surface area contributed by atoms with E-state index in [-0.39, 0.29) is 11.9 Å². The minimum Gasteiger partial charge on any atom is -0.497 e. The molecule has 1 aromatic carbocycles. The van der Waals surface area contributed by atoms with Crippen molar-refractivity contribution in [1.82, 2.24) is 29.6 Å². The first-order chi connectivity index (χ1) is 14.9. The number of pyridine rings is 1. The highest BCUT2D eigenvalue weighted by Crippen LogP contribution is 2.26. The highest BCUT2D eigenvalue weighted by Gasteiger charge is 2.24. The van der Waals surface area contributed by atoms with Gasteiger partial charge < -0.3 is 14.6 Å². The van der Waals surface area contributed by atoms with E-state index in [2.05, 4.69) is 20.4 Å². The predicted octanol–water partition coefficient (Wildman–Crippen LogP) is 3.58. The third kappa shape index (κ3) is 3.88. The van der Waals surface area contributed by atoms with Crippen molar-refractivity contribution in [1.29, 1.82) is 0 Å². The molecule has 0 spiro atoms. The van der Waals surface area contributed by atoms with Gasteiger partial charge in [0.05, 0.1) is 24.3 Å². The molecule has 1 atom stereocenters. The Morgan fingerprint density at radius 3 is 2.55 bits per heavy atom. The third-order valence-electron chi connectivity index (χ3n) is 5.27. The quantitative estimate of drug-likeness (QED) is 0.517. The number of benzene rings is 1. The van der Waals surface area contributed by atoms with Crippen molar-refractivity contribution in [3.63, 3.8) is 0 Å². The Labute approximate surface area is 180 Å². The number of carbonyl (C=O) groups excluding carboxylic acids is 1. The number of hydrogen-bond donors (Lipinski definition) is 1. The van der Waals surface area contributed by atoms with Crippen LogP contribution in [0.15, 0.2) is 48.9 Å². The van der Waals surface area contributed by atoms with E-state index in [9.17, 15) is 4.79 Å². The van der Waals surface area contributed by atoms with Gasteiger partial charge in [-0.05, 0) is 44.5 Å². The van der Waals surface area contributed by atoms with E-state index < -0.39 is 6.04 Å². The Morgan fingerprint density at radius 2 is 1.94 bits per heavy atom. The lowest BCUT2D eigenvalue weighted by atomic mass is 10.0. The number of ether oxygens (including phenoxy) is 1. The number of aromatic nitrogens is 5. The molecule has 1 N–H and O–H groups in total. The number of methoxy groups -OCH3 is 1. The van der Waals surface area contributed by atoms with Crippen LogP contribution in [0.3, 0.4) is 0 Å². The van der Waals surface area contributed by atoms with Gasteiger partial charge >= 0.3 is 0 Å². The summed E-state index contributed by atoms with van der Waals surface area (Å²) in [4.78, 5) is 22.6. The zero-order valence-electron chi connectivity index (χ0n) is 18.3. The third-order valence-corrected chi connectivity index (χ3v) is 5.27. The number of aryl methyl sites for hydroxylation is 2. The molecule has 4 rings (SSSR count). The van der Waals surface area contributed by atoms with Gasteiger partial charge in [0.2, 0.25) is 0 Å². The molecular formula is C23H26N6O2. The van der Waals surface area contributed by atoms with Crippen molar-refractivity contribution in [3.05, 3.63) is 71.6 Å². The first kappa shape index (κ1) is 20.6. The molecule has 31 heavy (non-hydrogen) atoms. The maximum Gasteiger partial charge on any atom is 0.253 e. The molecular weight excluding hydrogens is 392 g/mol. The lowest BCUT2D eigenvalue weighted by molar-refractivity contribution is 0.0942. The second kappa shape index (κ2) is 8.22. The molecule has 1 amide bonds. The summed E-state index contributed by atoms with van der Waals surface area (Å²) in [5, 5.41) is 8.33. The first-order valence-corrected chi connectivity index (χ1v) is 10.2. The van der Waals surface area contributed by atoms with Crippen LogP contribution in [0.1, 0.15) is 53.4 Å². The lowest BCUT2D eigenvalue weighted by Crippen LogP contribution is -2.31. The predicted molar refractivity (Wildman–Crippen MR) is 118 cm³/mol. The first-order valence-electron chi connectivity index (χ1n) is 10.2. The number of amides is 1. The van der Waals surface area contributed by atoms with Crippen molar-refractivity contribution in [2.75, 3.05) is 7.11 Å². The van der Waals surface area contributed by atoms with Gasteiger partial charge in [-0.25, -0.2) is 14.6 Å². The van der Waals surface area contributed by atoms with Crippen LogP contribution < -0.4 is 10.1 Å². The topological polar surface area (TPSA) is 86.9 Å². The summed E-state index contributed by atoms with van der Waals surface area (Å²) in [6.45, 7) is 5.96. The average molecular weight is 419 g/mol. The number of nitrogens with zero attached hydrogens (tertiary/aromatic N) is 5. The SMILES string of the molecule is COc1ccc([C@H](NC(=O)c2cc(C)nc3c2cnn3C(C)C)c2nccn2C)cc1. The van der Waals surface area contributed by atoms with Crippen LogP contribution in [0.4, 0.5) is 0 Å². The monoisotopic (exact) mass is 418 g/mol. The summed E-state index contributed by atoms with van der Waals surface area (Å²) in [5.74, 6) is 1.28. The molecule has 4 aromatic rings. The number of hydrogen-bond acceptors (Lipinski definition) is 5. The van der Waals surface area contributed by atoms with Crippen LogP contribution in [0, 0.1) is 6.92 Å². The molecule has 0 aliphatic heterocycles. The Balaban J connectivity index is 1.75. The normalized spacial score (nSPS) is 12.3. The van der Waals surface area contributed by atoms with Gasteiger partial charge in [-0.2, -0.15) is 5.10 Å². The van der Waals surface area contributed by atoms with E-state index in [1.54, 1.807) is 25.6 Å². The molecule has 0 fully saturated rings. The van der Waals surface area contributed by atoms with Gasteiger partial charge in [-0.3, -0.25) is 4.79 Å². The van der Waals surface area contributed by atoms with Crippen molar-refractivity contribution < 1.29 is 9.53 Å². The minimum absolute atomic E-state index is 0.141. The molecule has 0 aliphatic rings. The van der Waals surface area contributed by atoms with E-state index in [4.69, 9.17) is 4.74 Å². The molecule has 3 heterocycles. The van der Waals surface area contributed by atoms with Gasteiger partial charge in [0.15, 0.2) is 5.65 Å². The van der Waals surface area contributed by atoms with E-state index >= 15 is 0 Å². The van der Waals surface area contributed by atoms with Crippen LogP contribution in [0.25, 0.3) is 11.0 Å². The molecule has 0 unspecified atom stereocenters. The van der Waals surface area contributed by atoms with E-state index in [0.717, 1.165) is 28.2 Å². The zero-order valence-corrected chi connectivity index (χ0v) is 18.3.